The second kappa shape index (κ2) is 8.60. The van der Waals surface area contributed by atoms with Crippen LogP contribution < -0.4 is 4.90 Å². The fourth-order valence-electron chi connectivity index (χ4n) is 3.99. The monoisotopic (exact) mass is 420 g/mol. The van der Waals surface area contributed by atoms with E-state index in [4.69, 9.17) is 4.42 Å². The minimum absolute atomic E-state index is 0.0569. The standard InChI is InChI=1S/C28H24N2O2/c1-21-12-14-23(15-13-21)20-30-25-16-17-32-27(25)18-26(30)28(31)29(24-10-6-3-7-11-24)19-22-8-4-2-5-9-22/h2-18H,19-20H2,1H3. The Morgan fingerprint density at radius 2 is 1.53 bits per heavy atom. The number of carbonyl (C=O) groups excluding carboxylic acids is 1. The van der Waals surface area contributed by atoms with Gasteiger partial charge in [0.1, 0.15) is 5.69 Å². The summed E-state index contributed by atoms with van der Waals surface area (Å²) in [6, 6.07) is 32.1. The molecule has 3 aromatic carbocycles. The highest BCUT2D eigenvalue weighted by molar-refractivity contribution is 6.07. The fraction of sp³-hybridized carbons (Fsp3) is 0.107. The second-order valence-electron chi connectivity index (χ2n) is 7.98. The lowest BCUT2D eigenvalue weighted by atomic mass is 10.1. The van der Waals surface area contributed by atoms with Gasteiger partial charge in [0.05, 0.1) is 18.3 Å². The summed E-state index contributed by atoms with van der Waals surface area (Å²) in [6.07, 6.45) is 1.67. The molecule has 0 aliphatic heterocycles. The maximum Gasteiger partial charge on any atom is 0.275 e. The van der Waals surface area contributed by atoms with Gasteiger partial charge in [0, 0.05) is 24.4 Å². The Bertz CT molecular complexity index is 1330. The van der Waals surface area contributed by atoms with Crippen molar-refractivity contribution >= 4 is 22.7 Å². The molecule has 0 saturated heterocycles. The smallest absolute Gasteiger partial charge is 0.275 e. The van der Waals surface area contributed by atoms with Crippen LogP contribution in [0.1, 0.15) is 27.2 Å². The van der Waals surface area contributed by atoms with Crippen LogP contribution in [0.2, 0.25) is 0 Å². The molecule has 0 bridgehead atoms. The third kappa shape index (κ3) is 3.95. The van der Waals surface area contributed by atoms with Crippen molar-refractivity contribution in [3.05, 3.63) is 126 Å². The Morgan fingerprint density at radius 3 is 2.25 bits per heavy atom. The van der Waals surface area contributed by atoms with Gasteiger partial charge in [-0.15, -0.1) is 0 Å². The molecule has 2 aromatic heterocycles. The summed E-state index contributed by atoms with van der Waals surface area (Å²) in [7, 11) is 0. The van der Waals surface area contributed by atoms with Crippen LogP contribution in [0.3, 0.4) is 0 Å². The molecule has 158 valence electrons. The molecule has 2 heterocycles. The number of aromatic nitrogens is 1. The van der Waals surface area contributed by atoms with Crippen molar-refractivity contribution in [2.24, 2.45) is 0 Å². The van der Waals surface area contributed by atoms with Gasteiger partial charge in [-0.25, -0.2) is 0 Å². The molecule has 0 radical (unpaired) electrons. The van der Waals surface area contributed by atoms with Crippen molar-refractivity contribution < 1.29 is 9.21 Å². The van der Waals surface area contributed by atoms with Crippen LogP contribution in [-0.2, 0) is 13.1 Å². The number of carbonyl (C=O) groups is 1. The quantitative estimate of drug-likeness (QED) is 0.317. The van der Waals surface area contributed by atoms with Gasteiger partial charge in [-0.1, -0.05) is 78.4 Å². The van der Waals surface area contributed by atoms with Crippen molar-refractivity contribution in [1.29, 1.82) is 0 Å². The Labute approximate surface area is 187 Å². The SMILES string of the molecule is Cc1ccc(Cn2c(C(=O)N(Cc3ccccc3)c3ccccc3)cc3occc32)cc1. The zero-order valence-electron chi connectivity index (χ0n) is 17.9. The van der Waals surface area contributed by atoms with E-state index in [0.29, 0.717) is 24.4 Å². The number of hydrogen-bond acceptors (Lipinski definition) is 2. The third-order valence-electron chi connectivity index (χ3n) is 5.70. The molecule has 5 aromatic rings. The number of fused-ring (bicyclic) bond motifs is 1. The first-order valence-corrected chi connectivity index (χ1v) is 10.7. The van der Waals surface area contributed by atoms with Crippen molar-refractivity contribution in [1.82, 2.24) is 4.57 Å². The molecule has 0 saturated carbocycles. The van der Waals surface area contributed by atoms with E-state index in [-0.39, 0.29) is 5.91 Å². The Balaban J connectivity index is 1.57. The van der Waals surface area contributed by atoms with Crippen LogP contribution in [-0.4, -0.2) is 10.5 Å². The van der Waals surface area contributed by atoms with Gasteiger partial charge in [-0.05, 0) is 30.2 Å². The van der Waals surface area contributed by atoms with Gasteiger partial charge >= 0.3 is 0 Å². The molecule has 0 aliphatic carbocycles. The van der Waals surface area contributed by atoms with E-state index in [2.05, 4.69) is 31.2 Å². The van der Waals surface area contributed by atoms with E-state index in [1.807, 2.05) is 82.3 Å². The first-order chi connectivity index (χ1) is 15.7. The average Bonchev–Trinajstić information content (AvgIpc) is 3.42. The van der Waals surface area contributed by atoms with Crippen LogP contribution >= 0.6 is 0 Å². The highest BCUT2D eigenvalue weighted by Crippen LogP contribution is 2.26. The Kier molecular flexibility index (Phi) is 5.34. The van der Waals surface area contributed by atoms with Crippen LogP contribution in [0.25, 0.3) is 11.1 Å². The number of hydrogen-bond donors (Lipinski definition) is 0. The van der Waals surface area contributed by atoms with Gasteiger partial charge in [-0.3, -0.25) is 4.79 Å². The maximum atomic E-state index is 13.9. The highest BCUT2D eigenvalue weighted by Gasteiger charge is 2.24. The highest BCUT2D eigenvalue weighted by atomic mass is 16.3. The second-order valence-corrected chi connectivity index (χ2v) is 7.98. The maximum absolute atomic E-state index is 13.9. The summed E-state index contributed by atoms with van der Waals surface area (Å²) < 4.78 is 7.71. The lowest BCUT2D eigenvalue weighted by Crippen LogP contribution is -2.32. The van der Waals surface area contributed by atoms with E-state index in [9.17, 15) is 4.79 Å². The molecule has 0 N–H and O–H groups in total. The van der Waals surface area contributed by atoms with Crippen LogP contribution in [0.4, 0.5) is 5.69 Å². The molecule has 5 rings (SSSR count). The topological polar surface area (TPSA) is 38.4 Å². The number of nitrogens with zero attached hydrogens (tertiary/aromatic N) is 2. The largest absolute Gasteiger partial charge is 0.463 e. The first-order valence-electron chi connectivity index (χ1n) is 10.7. The first kappa shape index (κ1) is 19.9. The third-order valence-corrected chi connectivity index (χ3v) is 5.70. The molecule has 4 nitrogen and oxygen atoms in total. The lowest BCUT2D eigenvalue weighted by Gasteiger charge is -2.24. The number of aryl methyl sites for hydroxylation is 1. The summed E-state index contributed by atoms with van der Waals surface area (Å²) in [5, 5.41) is 0. The Morgan fingerprint density at radius 1 is 0.844 bits per heavy atom. The Hall–Kier alpha value is -4.05. The normalized spacial score (nSPS) is 11.0. The minimum atomic E-state index is -0.0569. The van der Waals surface area contributed by atoms with Crippen molar-refractivity contribution in [3.63, 3.8) is 0 Å². The molecule has 0 atom stereocenters. The van der Waals surface area contributed by atoms with Crippen LogP contribution in [0, 0.1) is 6.92 Å². The lowest BCUT2D eigenvalue weighted by molar-refractivity contribution is 0.0977. The molecule has 0 fully saturated rings. The molecule has 1 amide bonds. The summed E-state index contributed by atoms with van der Waals surface area (Å²) in [4.78, 5) is 15.8. The van der Waals surface area contributed by atoms with Gasteiger partial charge in [0.25, 0.3) is 5.91 Å². The van der Waals surface area contributed by atoms with E-state index < -0.39 is 0 Å². The molecule has 0 spiro atoms. The number of furan rings is 1. The van der Waals surface area contributed by atoms with Gasteiger partial charge < -0.3 is 13.9 Å². The summed E-state index contributed by atoms with van der Waals surface area (Å²) in [5.74, 6) is -0.0569. The van der Waals surface area contributed by atoms with E-state index in [1.54, 1.807) is 6.26 Å². The van der Waals surface area contributed by atoms with Crippen molar-refractivity contribution in [2.45, 2.75) is 20.0 Å². The van der Waals surface area contributed by atoms with Crippen LogP contribution in [0.5, 0.6) is 0 Å². The average molecular weight is 421 g/mol. The van der Waals surface area contributed by atoms with Gasteiger partial charge in [0.15, 0.2) is 5.58 Å². The van der Waals surface area contributed by atoms with E-state index in [1.165, 1.54) is 5.56 Å². The molecule has 32 heavy (non-hydrogen) atoms. The van der Waals surface area contributed by atoms with E-state index >= 15 is 0 Å². The van der Waals surface area contributed by atoms with Gasteiger partial charge in [0.2, 0.25) is 0 Å². The van der Waals surface area contributed by atoms with Crippen molar-refractivity contribution in [2.75, 3.05) is 4.90 Å². The number of amides is 1. The predicted octanol–water partition coefficient (Wildman–Crippen LogP) is 6.44. The predicted molar refractivity (Wildman–Crippen MR) is 128 cm³/mol. The number of rotatable bonds is 6. The van der Waals surface area contributed by atoms with Crippen molar-refractivity contribution in [3.8, 4) is 0 Å². The van der Waals surface area contributed by atoms with Crippen LogP contribution in [0.15, 0.2) is 108 Å². The molecule has 0 unspecified atom stereocenters. The molecular weight excluding hydrogens is 396 g/mol. The zero-order valence-corrected chi connectivity index (χ0v) is 17.9. The summed E-state index contributed by atoms with van der Waals surface area (Å²) in [6.45, 7) is 3.16. The number of anilines is 1. The number of para-hydroxylation sites is 1. The summed E-state index contributed by atoms with van der Waals surface area (Å²) in [5.41, 5.74) is 6.53. The fourth-order valence-corrected chi connectivity index (χ4v) is 3.99. The van der Waals surface area contributed by atoms with Gasteiger partial charge in [-0.2, -0.15) is 0 Å². The molecule has 0 aliphatic rings. The van der Waals surface area contributed by atoms with E-state index in [0.717, 1.165) is 22.3 Å². The zero-order chi connectivity index (χ0) is 21.9. The minimum Gasteiger partial charge on any atom is -0.463 e. The number of benzene rings is 3. The summed E-state index contributed by atoms with van der Waals surface area (Å²) >= 11 is 0. The molecule has 4 heteroatoms. The molecular formula is C28H24N2O2.